The number of rotatable bonds is 4. The van der Waals surface area contributed by atoms with Gasteiger partial charge in [-0.15, -0.1) is 0 Å². The van der Waals surface area contributed by atoms with Gasteiger partial charge in [-0.2, -0.15) is 0 Å². The van der Waals surface area contributed by atoms with Crippen LogP contribution in [0.1, 0.15) is 31.8 Å². The molecule has 0 saturated heterocycles. The van der Waals surface area contributed by atoms with E-state index in [0.29, 0.717) is 11.1 Å². The van der Waals surface area contributed by atoms with Crippen LogP contribution in [-0.2, 0) is 0 Å². The number of nitrogens with one attached hydrogen (secondary N) is 1. The van der Waals surface area contributed by atoms with Crippen molar-refractivity contribution >= 4 is 23.2 Å². The smallest absolute Gasteiger partial charge is 0.258 e. The highest BCUT2D eigenvalue weighted by Gasteiger charge is 2.14. The maximum Gasteiger partial charge on any atom is 0.258 e. The third kappa shape index (κ3) is 4.06. The van der Waals surface area contributed by atoms with Crippen molar-refractivity contribution < 1.29 is 9.59 Å². The Balaban J connectivity index is 1.74. The van der Waals surface area contributed by atoms with E-state index >= 15 is 0 Å². The minimum Gasteiger partial charge on any atom is -0.322 e. The highest BCUT2D eigenvalue weighted by atomic mass is 16.2. The van der Waals surface area contributed by atoms with Crippen LogP contribution in [0.5, 0.6) is 0 Å². The van der Waals surface area contributed by atoms with Gasteiger partial charge in [0.15, 0.2) is 0 Å². The van der Waals surface area contributed by atoms with Gasteiger partial charge in [-0.25, -0.2) is 0 Å². The van der Waals surface area contributed by atoms with Gasteiger partial charge in [0.25, 0.3) is 11.8 Å². The fourth-order valence-corrected chi connectivity index (χ4v) is 2.81. The molecule has 0 saturated carbocycles. The standard InChI is InChI=1S/C23H22N2O2/c1-16-8-7-11-21(17(16)2)24-22(26)18-12-14-19(15-13-18)23(27)25(3)20-9-5-4-6-10-20/h4-15H,1-3H3,(H,24,26). The largest absolute Gasteiger partial charge is 0.322 e. The third-order valence-corrected chi connectivity index (χ3v) is 4.69. The van der Waals surface area contributed by atoms with Crippen LogP contribution in [0.15, 0.2) is 72.8 Å². The second-order valence-electron chi connectivity index (χ2n) is 6.48. The molecule has 0 aliphatic carbocycles. The molecule has 3 rings (SSSR count). The van der Waals surface area contributed by atoms with Crippen molar-refractivity contribution in [1.82, 2.24) is 0 Å². The molecule has 3 aromatic carbocycles. The molecule has 0 unspecified atom stereocenters. The molecule has 0 fully saturated rings. The van der Waals surface area contributed by atoms with Crippen molar-refractivity contribution in [2.45, 2.75) is 13.8 Å². The number of hydrogen-bond acceptors (Lipinski definition) is 2. The lowest BCUT2D eigenvalue weighted by atomic mass is 10.1. The number of carbonyl (C=O) groups is 2. The van der Waals surface area contributed by atoms with Gasteiger partial charge in [0, 0.05) is 29.5 Å². The van der Waals surface area contributed by atoms with Gasteiger partial charge in [0.2, 0.25) is 0 Å². The summed E-state index contributed by atoms with van der Waals surface area (Å²) in [6, 6.07) is 22.0. The molecule has 0 radical (unpaired) electrons. The molecule has 0 aromatic heterocycles. The first-order chi connectivity index (χ1) is 13.0. The van der Waals surface area contributed by atoms with E-state index < -0.39 is 0 Å². The molecule has 136 valence electrons. The number of para-hydroxylation sites is 1. The Bertz CT molecular complexity index is 963. The van der Waals surface area contributed by atoms with E-state index in [1.807, 2.05) is 62.4 Å². The summed E-state index contributed by atoms with van der Waals surface area (Å²) in [6.45, 7) is 3.99. The topological polar surface area (TPSA) is 49.4 Å². The van der Waals surface area contributed by atoms with Crippen LogP contribution < -0.4 is 10.2 Å². The number of amides is 2. The number of anilines is 2. The predicted octanol–water partition coefficient (Wildman–Crippen LogP) is 4.83. The summed E-state index contributed by atoms with van der Waals surface area (Å²) in [5, 5.41) is 2.93. The average molecular weight is 358 g/mol. The Morgan fingerprint density at radius 1 is 0.778 bits per heavy atom. The summed E-state index contributed by atoms with van der Waals surface area (Å²) in [4.78, 5) is 26.7. The molecule has 0 aliphatic heterocycles. The summed E-state index contributed by atoms with van der Waals surface area (Å²) in [5.74, 6) is -0.318. The molecule has 0 spiro atoms. The van der Waals surface area contributed by atoms with Crippen LogP contribution in [-0.4, -0.2) is 18.9 Å². The zero-order valence-electron chi connectivity index (χ0n) is 15.7. The highest BCUT2D eigenvalue weighted by Crippen LogP contribution is 2.19. The second-order valence-corrected chi connectivity index (χ2v) is 6.48. The lowest BCUT2D eigenvalue weighted by molar-refractivity contribution is 0.0989. The summed E-state index contributed by atoms with van der Waals surface area (Å²) < 4.78 is 0. The number of aryl methyl sites for hydroxylation is 1. The van der Waals surface area contributed by atoms with E-state index in [1.165, 1.54) is 0 Å². The Hall–Kier alpha value is -3.40. The molecule has 0 atom stereocenters. The average Bonchev–Trinajstić information content (AvgIpc) is 2.71. The Labute approximate surface area is 159 Å². The van der Waals surface area contributed by atoms with Crippen molar-refractivity contribution in [3.8, 4) is 0 Å². The summed E-state index contributed by atoms with van der Waals surface area (Å²) in [6.07, 6.45) is 0. The van der Waals surface area contributed by atoms with Gasteiger partial charge in [-0.1, -0.05) is 30.3 Å². The second kappa shape index (κ2) is 7.87. The molecule has 4 nitrogen and oxygen atoms in total. The number of hydrogen-bond donors (Lipinski definition) is 1. The van der Waals surface area contributed by atoms with E-state index in [0.717, 1.165) is 22.5 Å². The lowest BCUT2D eigenvalue weighted by Crippen LogP contribution is -2.26. The lowest BCUT2D eigenvalue weighted by Gasteiger charge is -2.17. The first-order valence-electron chi connectivity index (χ1n) is 8.78. The van der Waals surface area contributed by atoms with Crippen molar-refractivity contribution in [3.05, 3.63) is 95.1 Å². The van der Waals surface area contributed by atoms with Gasteiger partial charge < -0.3 is 10.2 Å². The molecule has 1 N–H and O–H groups in total. The molecular formula is C23H22N2O2. The van der Waals surface area contributed by atoms with Crippen LogP contribution in [0.3, 0.4) is 0 Å². The maximum absolute atomic E-state index is 12.6. The maximum atomic E-state index is 12.6. The monoisotopic (exact) mass is 358 g/mol. The van der Waals surface area contributed by atoms with Crippen molar-refractivity contribution in [1.29, 1.82) is 0 Å². The number of benzene rings is 3. The van der Waals surface area contributed by atoms with Crippen LogP contribution in [0, 0.1) is 13.8 Å². The summed E-state index contributed by atoms with van der Waals surface area (Å²) in [7, 11) is 1.73. The summed E-state index contributed by atoms with van der Waals surface area (Å²) in [5.41, 5.74) is 4.82. The molecule has 0 heterocycles. The molecule has 3 aromatic rings. The van der Waals surface area contributed by atoms with Gasteiger partial charge in [-0.3, -0.25) is 9.59 Å². The van der Waals surface area contributed by atoms with E-state index in [9.17, 15) is 9.59 Å². The van der Waals surface area contributed by atoms with Crippen LogP contribution in [0.4, 0.5) is 11.4 Å². The Morgan fingerprint density at radius 3 is 2.07 bits per heavy atom. The van der Waals surface area contributed by atoms with Gasteiger partial charge in [0.1, 0.15) is 0 Å². The number of carbonyl (C=O) groups excluding carboxylic acids is 2. The molecular weight excluding hydrogens is 336 g/mol. The third-order valence-electron chi connectivity index (χ3n) is 4.69. The van der Waals surface area contributed by atoms with E-state index in [1.54, 1.807) is 36.2 Å². The zero-order valence-corrected chi connectivity index (χ0v) is 15.7. The molecule has 2 amide bonds. The first kappa shape index (κ1) is 18.4. The van der Waals surface area contributed by atoms with Crippen molar-refractivity contribution in [3.63, 3.8) is 0 Å². The highest BCUT2D eigenvalue weighted by molar-refractivity contribution is 6.08. The fraction of sp³-hybridized carbons (Fsp3) is 0.130. The Kier molecular flexibility index (Phi) is 5.36. The van der Waals surface area contributed by atoms with E-state index in [-0.39, 0.29) is 11.8 Å². The van der Waals surface area contributed by atoms with Crippen LogP contribution in [0.2, 0.25) is 0 Å². The Morgan fingerprint density at radius 2 is 1.41 bits per heavy atom. The quantitative estimate of drug-likeness (QED) is 0.726. The predicted molar refractivity (Wildman–Crippen MR) is 109 cm³/mol. The van der Waals surface area contributed by atoms with E-state index in [4.69, 9.17) is 0 Å². The molecule has 0 aliphatic rings. The molecule has 27 heavy (non-hydrogen) atoms. The summed E-state index contributed by atoms with van der Waals surface area (Å²) >= 11 is 0. The molecule has 0 bridgehead atoms. The number of nitrogens with zero attached hydrogens (tertiary/aromatic N) is 1. The van der Waals surface area contributed by atoms with Crippen molar-refractivity contribution in [2.75, 3.05) is 17.3 Å². The fourth-order valence-electron chi connectivity index (χ4n) is 2.81. The van der Waals surface area contributed by atoms with Crippen LogP contribution in [0.25, 0.3) is 0 Å². The minimum atomic E-state index is -0.195. The van der Waals surface area contributed by atoms with Gasteiger partial charge in [0.05, 0.1) is 0 Å². The minimum absolute atomic E-state index is 0.123. The SMILES string of the molecule is Cc1cccc(NC(=O)c2ccc(C(=O)N(C)c3ccccc3)cc2)c1C. The molecule has 4 heteroatoms. The zero-order chi connectivity index (χ0) is 19.4. The van der Waals surface area contributed by atoms with Crippen LogP contribution >= 0.6 is 0 Å². The first-order valence-corrected chi connectivity index (χ1v) is 8.78. The van der Waals surface area contributed by atoms with E-state index in [2.05, 4.69) is 5.32 Å². The van der Waals surface area contributed by atoms with Crippen molar-refractivity contribution in [2.24, 2.45) is 0 Å². The van der Waals surface area contributed by atoms with Gasteiger partial charge >= 0.3 is 0 Å². The normalized spacial score (nSPS) is 10.3. The van der Waals surface area contributed by atoms with Gasteiger partial charge in [-0.05, 0) is 67.4 Å².